The number of hydrogen-bond donors (Lipinski definition) is 2. The Kier molecular flexibility index (Phi) is 3.97. The molecule has 7 nitrogen and oxygen atoms in total. The van der Waals surface area contributed by atoms with Crippen LogP contribution in [0.1, 0.15) is 20.8 Å². The molecule has 0 spiro atoms. The number of fused-ring (bicyclic) bond motifs is 1. The number of aromatic nitrogens is 1. The Bertz CT molecular complexity index is 1090. The number of pyridine rings is 1. The van der Waals surface area contributed by atoms with Gasteiger partial charge in [0.2, 0.25) is 15.7 Å². The van der Waals surface area contributed by atoms with E-state index in [2.05, 4.69) is 4.98 Å². The monoisotopic (exact) mass is 355 g/mol. The first-order chi connectivity index (χ1) is 11.8. The third-order valence-corrected chi connectivity index (χ3v) is 5.60. The predicted octanol–water partition coefficient (Wildman–Crippen LogP) is 1.27. The van der Waals surface area contributed by atoms with Crippen molar-refractivity contribution in [3.8, 4) is 0 Å². The molecular weight excluding hydrogens is 342 g/mol. The lowest BCUT2D eigenvalue weighted by Gasteiger charge is -2.13. The average Bonchev–Trinajstić information content (AvgIpc) is 2.60. The van der Waals surface area contributed by atoms with Crippen LogP contribution >= 0.6 is 0 Å². The Labute approximate surface area is 143 Å². The average molecular weight is 355 g/mol. The van der Waals surface area contributed by atoms with Gasteiger partial charge in [-0.2, -0.15) is 0 Å². The maximum atomic E-state index is 13.2. The summed E-state index contributed by atoms with van der Waals surface area (Å²) >= 11 is 0. The van der Waals surface area contributed by atoms with E-state index in [1.165, 1.54) is 6.07 Å². The van der Waals surface area contributed by atoms with Gasteiger partial charge in [-0.3, -0.25) is 9.59 Å². The zero-order chi connectivity index (χ0) is 18.2. The van der Waals surface area contributed by atoms with Crippen molar-refractivity contribution in [2.75, 3.05) is 0 Å². The molecule has 3 aromatic rings. The molecule has 0 aliphatic rings. The standard InChI is InChI=1S/C17H13N3O4S/c18-16(21)12-8-9-20-14(17(19)22)15(12)25(23,24)13-7-3-5-10-4-1-2-6-11(10)13/h1-9H,(H2,18,21)(H2,19,22). The number of rotatable bonds is 4. The zero-order valence-corrected chi connectivity index (χ0v) is 13.7. The van der Waals surface area contributed by atoms with Gasteiger partial charge in [0.15, 0.2) is 0 Å². The van der Waals surface area contributed by atoms with Crippen molar-refractivity contribution < 1.29 is 18.0 Å². The van der Waals surface area contributed by atoms with Crippen LogP contribution in [0.2, 0.25) is 0 Å². The maximum absolute atomic E-state index is 13.2. The van der Waals surface area contributed by atoms with Crippen molar-refractivity contribution in [3.63, 3.8) is 0 Å². The highest BCUT2D eigenvalue weighted by Gasteiger charge is 2.31. The Balaban J connectivity index is 2.43. The van der Waals surface area contributed by atoms with Crippen molar-refractivity contribution in [2.45, 2.75) is 9.79 Å². The molecule has 1 aromatic heterocycles. The minimum Gasteiger partial charge on any atom is -0.366 e. The van der Waals surface area contributed by atoms with Gasteiger partial charge in [0.1, 0.15) is 10.6 Å². The summed E-state index contributed by atoms with van der Waals surface area (Å²) in [5, 5.41) is 1.13. The first-order valence-corrected chi connectivity index (χ1v) is 8.64. The van der Waals surface area contributed by atoms with Crippen LogP contribution in [0.25, 0.3) is 10.8 Å². The van der Waals surface area contributed by atoms with Crippen LogP contribution in [0.4, 0.5) is 0 Å². The van der Waals surface area contributed by atoms with Gasteiger partial charge in [-0.15, -0.1) is 0 Å². The quantitative estimate of drug-likeness (QED) is 0.727. The molecular formula is C17H13N3O4S. The highest BCUT2D eigenvalue weighted by molar-refractivity contribution is 7.92. The first-order valence-electron chi connectivity index (χ1n) is 7.15. The summed E-state index contributed by atoms with van der Waals surface area (Å²) in [5.74, 6) is -2.06. The fraction of sp³-hybridized carbons (Fsp3) is 0. The predicted molar refractivity (Wildman–Crippen MR) is 90.7 cm³/mol. The minimum atomic E-state index is -4.28. The molecule has 0 saturated carbocycles. The summed E-state index contributed by atoms with van der Waals surface area (Å²) in [4.78, 5) is 26.5. The summed E-state index contributed by atoms with van der Waals surface area (Å²) < 4.78 is 26.5. The zero-order valence-electron chi connectivity index (χ0n) is 12.8. The van der Waals surface area contributed by atoms with Gasteiger partial charge in [-0.25, -0.2) is 13.4 Å². The van der Waals surface area contributed by atoms with Crippen LogP contribution in [0.5, 0.6) is 0 Å². The summed E-state index contributed by atoms with van der Waals surface area (Å²) in [6.07, 6.45) is 1.11. The van der Waals surface area contributed by atoms with E-state index in [0.29, 0.717) is 10.8 Å². The SMILES string of the molecule is NC(=O)c1ccnc(C(N)=O)c1S(=O)(=O)c1cccc2ccccc12. The van der Waals surface area contributed by atoms with Gasteiger partial charge in [0.25, 0.3) is 5.91 Å². The molecule has 25 heavy (non-hydrogen) atoms. The molecule has 0 unspecified atom stereocenters. The number of nitrogens with two attached hydrogens (primary N) is 2. The molecule has 126 valence electrons. The van der Waals surface area contributed by atoms with Crippen molar-refractivity contribution >= 4 is 32.4 Å². The van der Waals surface area contributed by atoms with Crippen LogP contribution in [0, 0.1) is 0 Å². The number of benzene rings is 2. The number of nitrogens with zero attached hydrogens (tertiary/aromatic N) is 1. The number of hydrogen-bond acceptors (Lipinski definition) is 5. The van der Waals surface area contributed by atoms with E-state index in [1.54, 1.807) is 36.4 Å². The van der Waals surface area contributed by atoms with Gasteiger partial charge in [-0.1, -0.05) is 36.4 Å². The Hall–Kier alpha value is -3.26. The molecule has 0 aliphatic carbocycles. The van der Waals surface area contributed by atoms with Crippen LogP contribution in [0.3, 0.4) is 0 Å². The van der Waals surface area contributed by atoms with E-state index < -0.39 is 32.2 Å². The fourth-order valence-electron chi connectivity index (χ4n) is 2.63. The Morgan fingerprint density at radius 3 is 2.24 bits per heavy atom. The molecule has 4 N–H and O–H groups in total. The van der Waals surface area contributed by atoms with Gasteiger partial charge in [-0.05, 0) is 17.5 Å². The molecule has 0 aliphatic heterocycles. The van der Waals surface area contributed by atoms with Crippen LogP contribution < -0.4 is 11.5 Å². The largest absolute Gasteiger partial charge is 0.366 e. The second-order valence-electron chi connectivity index (χ2n) is 5.25. The molecule has 0 saturated heterocycles. The fourth-order valence-corrected chi connectivity index (χ4v) is 4.45. The first kappa shape index (κ1) is 16.6. The highest BCUT2D eigenvalue weighted by atomic mass is 32.2. The molecule has 0 atom stereocenters. The third kappa shape index (κ3) is 2.72. The van der Waals surface area contributed by atoms with Gasteiger partial charge < -0.3 is 11.5 Å². The van der Waals surface area contributed by atoms with Crippen molar-refractivity contribution in [1.29, 1.82) is 0 Å². The second kappa shape index (κ2) is 5.99. The molecule has 8 heteroatoms. The van der Waals surface area contributed by atoms with E-state index in [4.69, 9.17) is 11.5 Å². The van der Waals surface area contributed by atoms with E-state index in [-0.39, 0.29) is 10.5 Å². The number of carbonyl (C=O) groups excluding carboxylic acids is 2. The summed E-state index contributed by atoms with van der Waals surface area (Å²) in [6.45, 7) is 0. The smallest absolute Gasteiger partial charge is 0.268 e. The van der Waals surface area contributed by atoms with Crippen molar-refractivity contribution in [1.82, 2.24) is 4.98 Å². The third-order valence-electron chi connectivity index (χ3n) is 3.71. The van der Waals surface area contributed by atoms with Crippen LogP contribution in [-0.4, -0.2) is 25.2 Å². The number of sulfone groups is 1. The van der Waals surface area contributed by atoms with E-state index >= 15 is 0 Å². The lowest BCUT2D eigenvalue weighted by atomic mass is 10.1. The molecule has 0 bridgehead atoms. The number of amides is 2. The lowest BCUT2D eigenvalue weighted by molar-refractivity contribution is 0.0991. The highest BCUT2D eigenvalue weighted by Crippen LogP contribution is 2.31. The van der Waals surface area contributed by atoms with Gasteiger partial charge >= 0.3 is 0 Å². The van der Waals surface area contributed by atoms with Crippen LogP contribution in [-0.2, 0) is 9.84 Å². The molecule has 2 amide bonds. The summed E-state index contributed by atoms with van der Waals surface area (Å²) in [7, 11) is -4.28. The minimum absolute atomic E-state index is 0.0661. The van der Waals surface area contributed by atoms with E-state index in [9.17, 15) is 18.0 Å². The van der Waals surface area contributed by atoms with Crippen LogP contribution in [0.15, 0.2) is 64.5 Å². The molecule has 1 heterocycles. The van der Waals surface area contributed by atoms with E-state index in [0.717, 1.165) is 12.3 Å². The summed E-state index contributed by atoms with van der Waals surface area (Å²) in [6, 6.07) is 12.7. The molecule has 0 radical (unpaired) electrons. The van der Waals surface area contributed by atoms with Gasteiger partial charge in [0.05, 0.1) is 10.5 Å². The number of carbonyl (C=O) groups is 2. The molecule has 3 rings (SSSR count). The summed E-state index contributed by atoms with van der Waals surface area (Å²) in [5.41, 5.74) is 9.68. The molecule has 2 aromatic carbocycles. The number of primary amides is 2. The second-order valence-corrected chi connectivity index (χ2v) is 7.10. The normalized spacial score (nSPS) is 11.4. The Morgan fingerprint density at radius 2 is 1.56 bits per heavy atom. The molecule has 0 fully saturated rings. The Morgan fingerprint density at radius 1 is 0.880 bits per heavy atom. The van der Waals surface area contributed by atoms with E-state index in [1.807, 2.05) is 0 Å². The lowest BCUT2D eigenvalue weighted by Crippen LogP contribution is -2.24. The van der Waals surface area contributed by atoms with Gasteiger partial charge in [0, 0.05) is 11.6 Å². The topological polar surface area (TPSA) is 133 Å². The van der Waals surface area contributed by atoms with Crippen molar-refractivity contribution in [2.24, 2.45) is 11.5 Å². The van der Waals surface area contributed by atoms with Crippen molar-refractivity contribution in [3.05, 3.63) is 66.0 Å². The maximum Gasteiger partial charge on any atom is 0.268 e.